The topological polar surface area (TPSA) is 24.9 Å². The maximum absolute atomic E-state index is 4.16. The number of nitrogens with one attached hydrogen (secondary N) is 1. The predicted molar refractivity (Wildman–Crippen MR) is 53.5 cm³/mol. The van der Waals surface area contributed by atoms with E-state index in [1.165, 1.54) is 24.0 Å². The number of hydrogen-bond donors (Lipinski definition) is 1. The lowest BCUT2D eigenvalue weighted by atomic mass is 9.82. The van der Waals surface area contributed by atoms with Crippen LogP contribution in [-0.2, 0) is 6.42 Å². The quantitative estimate of drug-likeness (QED) is 0.707. The molecule has 1 aromatic heterocycles. The van der Waals surface area contributed by atoms with Gasteiger partial charge in [0.15, 0.2) is 0 Å². The van der Waals surface area contributed by atoms with Crippen molar-refractivity contribution in [3.8, 4) is 0 Å². The van der Waals surface area contributed by atoms with E-state index in [0.29, 0.717) is 6.04 Å². The van der Waals surface area contributed by atoms with Gasteiger partial charge in [-0.05, 0) is 43.0 Å². The van der Waals surface area contributed by atoms with E-state index in [0.717, 1.165) is 5.92 Å². The van der Waals surface area contributed by atoms with Crippen molar-refractivity contribution < 1.29 is 0 Å². The molecule has 2 atom stereocenters. The van der Waals surface area contributed by atoms with Crippen LogP contribution in [-0.4, -0.2) is 12.0 Å². The lowest BCUT2D eigenvalue weighted by Gasteiger charge is -2.30. The van der Waals surface area contributed by atoms with Gasteiger partial charge in [0.2, 0.25) is 0 Å². The van der Waals surface area contributed by atoms with E-state index >= 15 is 0 Å². The molecule has 1 aliphatic rings. The van der Waals surface area contributed by atoms with Crippen LogP contribution in [0.15, 0.2) is 18.5 Å². The largest absolute Gasteiger partial charge is 0.313 e. The summed E-state index contributed by atoms with van der Waals surface area (Å²) in [7, 11) is 2.04. The van der Waals surface area contributed by atoms with Gasteiger partial charge in [-0.1, -0.05) is 6.92 Å². The molecule has 2 rings (SSSR count). The molecule has 0 saturated heterocycles. The summed E-state index contributed by atoms with van der Waals surface area (Å²) in [5.74, 6) is 0.736. The van der Waals surface area contributed by atoms with Crippen LogP contribution >= 0.6 is 0 Å². The SMILES string of the molecule is CNC1c2ccncc2CCC1C. The van der Waals surface area contributed by atoms with Crippen molar-refractivity contribution >= 4 is 0 Å². The molecule has 2 nitrogen and oxygen atoms in total. The highest BCUT2D eigenvalue weighted by Gasteiger charge is 2.24. The molecule has 70 valence electrons. The van der Waals surface area contributed by atoms with Gasteiger partial charge in [-0.2, -0.15) is 0 Å². The van der Waals surface area contributed by atoms with E-state index in [2.05, 4.69) is 23.3 Å². The molecule has 1 aliphatic carbocycles. The van der Waals surface area contributed by atoms with Crippen molar-refractivity contribution in [3.05, 3.63) is 29.6 Å². The van der Waals surface area contributed by atoms with Gasteiger partial charge in [0.05, 0.1) is 0 Å². The predicted octanol–water partition coefficient (Wildman–Crippen LogP) is 1.92. The average molecular weight is 176 g/mol. The van der Waals surface area contributed by atoms with E-state index in [1.807, 2.05) is 19.4 Å². The number of hydrogen-bond acceptors (Lipinski definition) is 2. The Morgan fingerprint density at radius 2 is 2.38 bits per heavy atom. The third-order valence-electron chi connectivity index (χ3n) is 3.03. The average Bonchev–Trinajstić information content (AvgIpc) is 2.18. The van der Waals surface area contributed by atoms with Crippen molar-refractivity contribution in [2.75, 3.05) is 7.05 Å². The van der Waals surface area contributed by atoms with Gasteiger partial charge in [0.25, 0.3) is 0 Å². The summed E-state index contributed by atoms with van der Waals surface area (Å²) >= 11 is 0. The first-order valence-electron chi connectivity index (χ1n) is 4.93. The molecule has 0 saturated carbocycles. The number of fused-ring (bicyclic) bond motifs is 1. The van der Waals surface area contributed by atoms with Crippen molar-refractivity contribution in [1.29, 1.82) is 0 Å². The number of pyridine rings is 1. The Hall–Kier alpha value is -0.890. The molecule has 0 amide bonds. The number of aryl methyl sites for hydroxylation is 1. The van der Waals surface area contributed by atoms with Crippen LogP contribution in [0.5, 0.6) is 0 Å². The summed E-state index contributed by atoms with van der Waals surface area (Å²) in [5, 5.41) is 3.38. The molecule has 0 spiro atoms. The summed E-state index contributed by atoms with van der Waals surface area (Å²) < 4.78 is 0. The Bertz CT molecular complexity index is 296. The Kier molecular flexibility index (Phi) is 2.32. The molecule has 1 aromatic rings. The fourth-order valence-electron chi connectivity index (χ4n) is 2.25. The molecular weight excluding hydrogens is 160 g/mol. The highest BCUT2D eigenvalue weighted by Crippen LogP contribution is 2.32. The normalized spacial score (nSPS) is 26.9. The second-order valence-electron chi connectivity index (χ2n) is 3.86. The first-order valence-corrected chi connectivity index (χ1v) is 4.93. The number of rotatable bonds is 1. The summed E-state index contributed by atoms with van der Waals surface area (Å²) in [6, 6.07) is 2.67. The zero-order valence-corrected chi connectivity index (χ0v) is 8.25. The van der Waals surface area contributed by atoms with E-state index in [9.17, 15) is 0 Å². The summed E-state index contributed by atoms with van der Waals surface area (Å²) in [4.78, 5) is 4.16. The van der Waals surface area contributed by atoms with Crippen molar-refractivity contribution in [2.24, 2.45) is 5.92 Å². The molecule has 0 fully saturated rings. The zero-order chi connectivity index (χ0) is 9.26. The molecule has 13 heavy (non-hydrogen) atoms. The van der Waals surface area contributed by atoms with Crippen molar-refractivity contribution in [1.82, 2.24) is 10.3 Å². The van der Waals surface area contributed by atoms with Gasteiger partial charge in [0, 0.05) is 18.4 Å². The summed E-state index contributed by atoms with van der Waals surface area (Å²) in [6.07, 6.45) is 6.35. The molecule has 0 aromatic carbocycles. The minimum atomic E-state index is 0.520. The van der Waals surface area contributed by atoms with Crippen LogP contribution in [0, 0.1) is 5.92 Å². The number of nitrogens with zero attached hydrogens (tertiary/aromatic N) is 1. The standard InChI is InChI=1S/C11H16N2/c1-8-3-4-9-7-13-6-5-10(9)11(8)12-2/h5-8,11-12H,3-4H2,1-2H3. The highest BCUT2D eigenvalue weighted by molar-refractivity contribution is 5.29. The fraction of sp³-hybridized carbons (Fsp3) is 0.545. The Morgan fingerprint density at radius 3 is 3.15 bits per heavy atom. The van der Waals surface area contributed by atoms with Gasteiger partial charge >= 0.3 is 0 Å². The monoisotopic (exact) mass is 176 g/mol. The maximum Gasteiger partial charge on any atom is 0.0347 e. The molecule has 0 aliphatic heterocycles. The van der Waals surface area contributed by atoms with Crippen molar-refractivity contribution in [3.63, 3.8) is 0 Å². The van der Waals surface area contributed by atoms with E-state index in [1.54, 1.807) is 0 Å². The number of aromatic nitrogens is 1. The molecule has 2 heteroatoms. The Morgan fingerprint density at radius 1 is 1.54 bits per heavy atom. The van der Waals surface area contributed by atoms with Crippen LogP contribution in [0.2, 0.25) is 0 Å². The second kappa shape index (κ2) is 3.46. The van der Waals surface area contributed by atoms with Crippen molar-refractivity contribution in [2.45, 2.75) is 25.8 Å². The molecule has 0 radical (unpaired) electrons. The Labute approximate surface area is 79.4 Å². The van der Waals surface area contributed by atoms with E-state index in [4.69, 9.17) is 0 Å². The molecular formula is C11H16N2. The molecule has 1 N–H and O–H groups in total. The minimum Gasteiger partial charge on any atom is -0.313 e. The smallest absolute Gasteiger partial charge is 0.0347 e. The molecule has 0 bridgehead atoms. The first kappa shape index (κ1) is 8.70. The lowest BCUT2D eigenvalue weighted by molar-refractivity contribution is 0.363. The maximum atomic E-state index is 4.16. The molecule has 2 unspecified atom stereocenters. The second-order valence-corrected chi connectivity index (χ2v) is 3.86. The van der Waals surface area contributed by atoms with E-state index in [-0.39, 0.29) is 0 Å². The van der Waals surface area contributed by atoms with Gasteiger partial charge in [0.1, 0.15) is 0 Å². The first-order chi connectivity index (χ1) is 6.33. The van der Waals surface area contributed by atoms with Gasteiger partial charge in [-0.3, -0.25) is 4.98 Å². The van der Waals surface area contributed by atoms with Crippen LogP contribution < -0.4 is 5.32 Å². The third kappa shape index (κ3) is 1.46. The van der Waals surface area contributed by atoms with Gasteiger partial charge in [-0.15, -0.1) is 0 Å². The summed E-state index contributed by atoms with van der Waals surface area (Å²) in [6.45, 7) is 2.31. The van der Waals surface area contributed by atoms with Crippen LogP contribution in [0.1, 0.15) is 30.5 Å². The fourth-order valence-corrected chi connectivity index (χ4v) is 2.25. The Balaban J connectivity index is 2.39. The minimum absolute atomic E-state index is 0.520. The van der Waals surface area contributed by atoms with Crippen LogP contribution in [0.3, 0.4) is 0 Å². The van der Waals surface area contributed by atoms with Crippen LogP contribution in [0.4, 0.5) is 0 Å². The third-order valence-corrected chi connectivity index (χ3v) is 3.03. The van der Waals surface area contributed by atoms with Crippen LogP contribution in [0.25, 0.3) is 0 Å². The lowest BCUT2D eigenvalue weighted by Crippen LogP contribution is -2.28. The van der Waals surface area contributed by atoms with E-state index < -0.39 is 0 Å². The summed E-state index contributed by atoms with van der Waals surface area (Å²) in [5.41, 5.74) is 2.86. The zero-order valence-electron chi connectivity index (χ0n) is 8.25. The van der Waals surface area contributed by atoms with Gasteiger partial charge in [-0.25, -0.2) is 0 Å². The molecule has 1 heterocycles. The van der Waals surface area contributed by atoms with Gasteiger partial charge < -0.3 is 5.32 Å². The highest BCUT2D eigenvalue weighted by atomic mass is 14.9.